The van der Waals surface area contributed by atoms with Gasteiger partial charge in [0.25, 0.3) is 10.0 Å². The van der Waals surface area contributed by atoms with Gasteiger partial charge in [0, 0.05) is 13.1 Å². The molecular weight excluding hydrogens is 436 g/mol. The molecule has 12 heteroatoms. The molecule has 1 fully saturated rings. The van der Waals surface area contributed by atoms with Gasteiger partial charge in [-0.3, -0.25) is 4.72 Å². The van der Waals surface area contributed by atoms with Gasteiger partial charge in [-0.1, -0.05) is 6.07 Å². The quantitative estimate of drug-likeness (QED) is 0.634. The first-order valence-corrected chi connectivity index (χ1v) is 11.7. The van der Waals surface area contributed by atoms with Gasteiger partial charge in [0.2, 0.25) is 10.0 Å². The van der Waals surface area contributed by atoms with Gasteiger partial charge in [0.05, 0.1) is 36.5 Å². The summed E-state index contributed by atoms with van der Waals surface area (Å²) >= 11 is 0. The Morgan fingerprint density at radius 1 is 1.10 bits per heavy atom. The minimum atomic E-state index is -4.16. The Labute approximate surface area is 174 Å². The number of carbonyl (C=O) groups is 1. The predicted molar refractivity (Wildman–Crippen MR) is 107 cm³/mol. The SMILES string of the molecule is COc1ccc(NS(=O)(=O)c2cccc(C(=O)O)c2)cc1S(=O)(=O)N1CCOCC1. The molecule has 0 amide bonds. The van der Waals surface area contributed by atoms with Crippen molar-refractivity contribution in [1.82, 2.24) is 4.31 Å². The van der Waals surface area contributed by atoms with Gasteiger partial charge in [-0.15, -0.1) is 0 Å². The summed E-state index contributed by atoms with van der Waals surface area (Å²) in [7, 11) is -6.79. The number of sulfonamides is 2. The molecule has 0 saturated carbocycles. The number of carboxylic acids is 1. The van der Waals surface area contributed by atoms with E-state index in [2.05, 4.69) is 4.72 Å². The first-order chi connectivity index (χ1) is 14.1. The van der Waals surface area contributed by atoms with E-state index in [1.165, 1.54) is 47.8 Å². The highest BCUT2D eigenvalue weighted by Gasteiger charge is 2.30. The number of benzene rings is 2. The number of nitrogens with zero attached hydrogens (tertiary/aromatic N) is 1. The third kappa shape index (κ3) is 4.56. The minimum Gasteiger partial charge on any atom is -0.495 e. The summed E-state index contributed by atoms with van der Waals surface area (Å²) in [5.74, 6) is -1.20. The van der Waals surface area contributed by atoms with Gasteiger partial charge >= 0.3 is 5.97 Å². The Morgan fingerprint density at radius 3 is 2.43 bits per heavy atom. The fraction of sp³-hybridized carbons (Fsp3) is 0.278. The summed E-state index contributed by atoms with van der Waals surface area (Å²) < 4.78 is 65.3. The molecule has 0 bridgehead atoms. The van der Waals surface area contributed by atoms with Gasteiger partial charge in [-0.2, -0.15) is 4.31 Å². The maximum absolute atomic E-state index is 13.0. The minimum absolute atomic E-state index is 0.0108. The molecule has 10 nitrogen and oxygen atoms in total. The van der Waals surface area contributed by atoms with Crippen molar-refractivity contribution in [2.24, 2.45) is 0 Å². The molecule has 2 N–H and O–H groups in total. The van der Waals surface area contributed by atoms with Crippen LogP contribution in [-0.2, 0) is 24.8 Å². The van der Waals surface area contributed by atoms with Crippen LogP contribution in [0.5, 0.6) is 5.75 Å². The molecule has 0 aromatic heterocycles. The van der Waals surface area contributed by atoms with E-state index in [0.717, 1.165) is 6.07 Å². The van der Waals surface area contributed by atoms with Crippen LogP contribution in [0.25, 0.3) is 0 Å². The van der Waals surface area contributed by atoms with Crippen LogP contribution in [-0.4, -0.2) is 65.6 Å². The van der Waals surface area contributed by atoms with E-state index in [0.29, 0.717) is 0 Å². The number of morpholine rings is 1. The third-order valence-electron chi connectivity index (χ3n) is 4.40. The third-order valence-corrected chi connectivity index (χ3v) is 7.69. The van der Waals surface area contributed by atoms with Crippen LogP contribution in [0, 0.1) is 0 Å². The van der Waals surface area contributed by atoms with Crippen molar-refractivity contribution in [2.75, 3.05) is 38.1 Å². The Kier molecular flexibility index (Phi) is 6.31. The van der Waals surface area contributed by atoms with Crippen LogP contribution >= 0.6 is 0 Å². The fourth-order valence-electron chi connectivity index (χ4n) is 2.88. The molecule has 162 valence electrons. The lowest BCUT2D eigenvalue weighted by Gasteiger charge is -2.26. The van der Waals surface area contributed by atoms with Crippen molar-refractivity contribution in [3.8, 4) is 5.75 Å². The van der Waals surface area contributed by atoms with Gasteiger partial charge in [-0.05, 0) is 36.4 Å². The lowest BCUT2D eigenvalue weighted by atomic mass is 10.2. The van der Waals surface area contributed by atoms with Crippen molar-refractivity contribution in [2.45, 2.75) is 9.79 Å². The fourth-order valence-corrected chi connectivity index (χ4v) is 5.56. The smallest absolute Gasteiger partial charge is 0.335 e. The van der Waals surface area contributed by atoms with E-state index in [9.17, 15) is 21.6 Å². The molecule has 0 spiro atoms. The summed E-state index contributed by atoms with van der Waals surface area (Å²) in [5, 5.41) is 9.06. The molecule has 1 aliphatic heterocycles. The molecule has 0 unspecified atom stereocenters. The van der Waals surface area contributed by atoms with Crippen LogP contribution in [0.15, 0.2) is 52.3 Å². The zero-order chi connectivity index (χ0) is 21.9. The molecule has 30 heavy (non-hydrogen) atoms. The molecule has 1 aliphatic rings. The molecule has 2 aromatic rings. The zero-order valence-corrected chi connectivity index (χ0v) is 17.6. The van der Waals surface area contributed by atoms with Crippen LogP contribution in [0.1, 0.15) is 10.4 Å². The molecule has 0 radical (unpaired) electrons. The second-order valence-corrected chi connectivity index (χ2v) is 9.91. The monoisotopic (exact) mass is 456 g/mol. The number of nitrogens with one attached hydrogen (secondary N) is 1. The molecule has 1 saturated heterocycles. The number of hydrogen-bond donors (Lipinski definition) is 2. The normalized spacial score (nSPS) is 15.5. The van der Waals surface area contributed by atoms with Gasteiger partial charge < -0.3 is 14.6 Å². The maximum Gasteiger partial charge on any atom is 0.335 e. The number of methoxy groups -OCH3 is 1. The van der Waals surface area contributed by atoms with E-state index in [4.69, 9.17) is 14.6 Å². The second kappa shape index (κ2) is 8.60. The van der Waals surface area contributed by atoms with Gasteiger partial charge in [0.1, 0.15) is 10.6 Å². The van der Waals surface area contributed by atoms with Gasteiger partial charge in [-0.25, -0.2) is 21.6 Å². The average molecular weight is 456 g/mol. The highest BCUT2D eigenvalue weighted by molar-refractivity contribution is 7.92. The van der Waals surface area contributed by atoms with Crippen LogP contribution < -0.4 is 9.46 Å². The Balaban J connectivity index is 1.97. The van der Waals surface area contributed by atoms with Crippen molar-refractivity contribution >= 4 is 31.7 Å². The lowest BCUT2D eigenvalue weighted by Crippen LogP contribution is -2.40. The topological polar surface area (TPSA) is 139 Å². The molecule has 3 rings (SSSR count). The second-order valence-electron chi connectivity index (χ2n) is 6.32. The van der Waals surface area contributed by atoms with Crippen molar-refractivity contribution < 1.29 is 36.2 Å². The standard InChI is InChI=1S/C18H20N2O8S2/c1-27-16-6-5-14(12-17(16)30(25,26)20-7-9-28-10-8-20)19-29(23,24)15-4-2-3-13(11-15)18(21)22/h2-6,11-12,19H,7-10H2,1H3,(H,21,22). The van der Waals surface area contributed by atoms with Crippen molar-refractivity contribution in [3.05, 3.63) is 48.0 Å². The van der Waals surface area contributed by atoms with Crippen molar-refractivity contribution in [3.63, 3.8) is 0 Å². The summed E-state index contributed by atoms with van der Waals surface area (Å²) in [6.45, 7) is 0.856. The summed E-state index contributed by atoms with van der Waals surface area (Å²) in [6.07, 6.45) is 0. The number of hydrogen-bond acceptors (Lipinski definition) is 7. The average Bonchev–Trinajstić information content (AvgIpc) is 2.74. The highest BCUT2D eigenvalue weighted by Crippen LogP contribution is 2.31. The number of aromatic carboxylic acids is 1. The number of anilines is 1. The summed E-state index contributed by atoms with van der Waals surface area (Å²) in [4.78, 5) is 10.6. The van der Waals surface area contributed by atoms with E-state index in [-0.39, 0.29) is 53.1 Å². The molecule has 1 heterocycles. The Morgan fingerprint density at radius 2 is 1.80 bits per heavy atom. The number of carboxylic acid groups (broad SMARTS) is 1. The first-order valence-electron chi connectivity index (χ1n) is 8.77. The van der Waals surface area contributed by atoms with E-state index < -0.39 is 26.0 Å². The predicted octanol–water partition coefficient (Wildman–Crippen LogP) is 1.22. The Hall–Kier alpha value is -2.67. The van der Waals surface area contributed by atoms with E-state index >= 15 is 0 Å². The lowest BCUT2D eigenvalue weighted by molar-refractivity contribution is 0.0696. The first kappa shape index (κ1) is 22.0. The molecule has 2 aromatic carbocycles. The number of rotatable bonds is 7. The maximum atomic E-state index is 13.0. The number of ether oxygens (including phenoxy) is 2. The molecular formula is C18H20N2O8S2. The summed E-state index contributed by atoms with van der Waals surface area (Å²) in [6, 6.07) is 8.70. The summed E-state index contributed by atoms with van der Waals surface area (Å²) in [5.41, 5.74) is -0.202. The van der Waals surface area contributed by atoms with Gasteiger partial charge in [0.15, 0.2) is 0 Å². The highest BCUT2D eigenvalue weighted by atomic mass is 32.2. The largest absolute Gasteiger partial charge is 0.495 e. The molecule has 0 aliphatic carbocycles. The molecule has 0 atom stereocenters. The zero-order valence-electron chi connectivity index (χ0n) is 15.9. The van der Waals surface area contributed by atoms with Crippen molar-refractivity contribution in [1.29, 1.82) is 0 Å². The van der Waals surface area contributed by atoms with Crippen LogP contribution in [0.2, 0.25) is 0 Å². The van der Waals surface area contributed by atoms with E-state index in [1.807, 2.05) is 0 Å². The van der Waals surface area contributed by atoms with Crippen LogP contribution in [0.3, 0.4) is 0 Å². The van der Waals surface area contributed by atoms with Crippen LogP contribution in [0.4, 0.5) is 5.69 Å². The van der Waals surface area contributed by atoms with E-state index in [1.54, 1.807) is 0 Å². The Bertz CT molecular complexity index is 1160.